The molecule has 19 heavy (non-hydrogen) atoms. The Hall–Kier alpha value is -1.06. The molecule has 0 radical (unpaired) electrons. The van der Waals surface area contributed by atoms with Crippen LogP contribution >= 0.6 is 0 Å². The predicted molar refractivity (Wildman–Crippen MR) is 79.3 cm³/mol. The summed E-state index contributed by atoms with van der Waals surface area (Å²) in [5, 5.41) is 9.24. The summed E-state index contributed by atoms with van der Waals surface area (Å²) >= 11 is 0. The SMILES string of the molecule is COc1ccc(CO)cc1CN(C)C(C)C(C)(C)C. The second-order valence-electron chi connectivity index (χ2n) is 6.26. The normalized spacial score (nSPS) is 13.7. The molecule has 3 nitrogen and oxygen atoms in total. The monoisotopic (exact) mass is 265 g/mol. The first-order valence-corrected chi connectivity index (χ1v) is 6.76. The van der Waals surface area contributed by atoms with Gasteiger partial charge in [-0.25, -0.2) is 0 Å². The molecule has 0 aromatic heterocycles. The lowest BCUT2D eigenvalue weighted by Crippen LogP contribution is -2.38. The lowest BCUT2D eigenvalue weighted by molar-refractivity contribution is 0.133. The van der Waals surface area contributed by atoms with Crippen LogP contribution in [-0.2, 0) is 13.2 Å². The van der Waals surface area contributed by atoms with Gasteiger partial charge in [-0.2, -0.15) is 0 Å². The third kappa shape index (κ3) is 4.22. The number of hydrogen-bond acceptors (Lipinski definition) is 3. The molecule has 0 fully saturated rings. The molecule has 0 spiro atoms. The highest BCUT2D eigenvalue weighted by Crippen LogP contribution is 2.27. The molecule has 0 aliphatic rings. The molecule has 1 aromatic rings. The Labute approximate surface area is 117 Å². The number of methoxy groups -OCH3 is 1. The van der Waals surface area contributed by atoms with Crippen LogP contribution in [0.2, 0.25) is 0 Å². The van der Waals surface area contributed by atoms with E-state index in [-0.39, 0.29) is 12.0 Å². The minimum absolute atomic E-state index is 0.0650. The van der Waals surface area contributed by atoms with Gasteiger partial charge in [0.2, 0.25) is 0 Å². The molecule has 0 saturated carbocycles. The quantitative estimate of drug-likeness (QED) is 0.888. The van der Waals surface area contributed by atoms with Crippen molar-refractivity contribution in [2.24, 2.45) is 5.41 Å². The van der Waals surface area contributed by atoms with Gasteiger partial charge in [0.05, 0.1) is 13.7 Å². The summed E-state index contributed by atoms with van der Waals surface area (Å²) in [6, 6.07) is 6.30. The fraction of sp³-hybridized carbons (Fsp3) is 0.625. The summed E-state index contributed by atoms with van der Waals surface area (Å²) in [4.78, 5) is 2.32. The van der Waals surface area contributed by atoms with Gasteiger partial charge in [0.25, 0.3) is 0 Å². The largest absolute Gasteiger partial charge is 0.496 e. The Balaban J connectivity index is 2.91. The van der Waals surface area contributed by atoms with Crippen molar-refractivity contribution in [3.8, 4) is 5.75 Å². The van der Waals surface area contributed by atoms with E-state index < -0.39 is 0 Å². The molecule has 0 saturated heterocycles. The first kappa shape index (κ1) is 16.0. The summed E-state index contributed by atoms with van der Waals surface area (Å²) in [7, 11) is 3.81. The molecule has 0 amide bonds. The van der Waals surface area contributed by atoms with Crippen LogP contribution in [-0.4, -0.2) is 30.2 Å². The Kier molecular flexibility index (Phi) is 5.39. The number of hydrogen-bond donors (Lipinski definition) is 1. The van der Waals surface area contributed by atoms with Crippen molar-refractivity contribution in [2.45, 2.75) is 46.9 Å². The van der Waals surface area contributed by atoms with Crippen molar-refractivity contribution < 1.29 is 9.84 Å². The fourth-order valence-electron chi connectivity index (χ4n) is 2.12. The average molecular weight is 265 g/mol. The van der Waals surface area contributed by atoms with E-state index in [0.717, 1.165) is 23.4 Å². The number of ether oxygens (including phenoxy) is 1. The van der Waals surface area contributed by atoms with Crippen LogP contribution in [0, 0.1) is 5.41 Å². The van der Waals surface area contributed by atoms with Gasteiger partial charge in [0.15, 0.2) is 0 Å². The molecule has 1 aromatic carbocycles. The molecule has 1 N–H and O–H groups in total. The Morgan fingerprint density at radius 2 is 1.95 bits per heavy atom. The first-order valence-electron chi connectivity index (χ1n) is 6.76. The van der Waals surface area contributed by atoms with Gasteiger partial charge in [-0.05, 0) is 37.1 Å². The van der Waals surface area contributed by atoms with E-state index in [9.17, 15) is 5.11 Å². The van der Waals surface area contributed by atoms with E-state index in [1.807, 2.05) is 18.2 Å². The summed E-state index contributed by atoms with van der Waals surface area (Å²) in [5.41, 5.74) is 2.27. The molecular formula is C16H27NO2. The van der Waals surface area contributed by atoms with Crippen LogP contribution in [0.4, 0.5) is 0 Å². The number of benzene rings is 1. The van der Waals surface area contributed by atoms with Crippen LogP contribution in [0.3, 0.4) is 0 Å². The molecule has 0 aliphatic carbocycles. The Morgan fingerprint density at radius 1 is 1.32 bits per heavy atom. The Morgan fingerprint density at radius 3 is 2.42 bits per heavy atom. The molecular weight excluding hydrogens is 238 g/mol. The standard InChI is InChI=1S/C16H27NO2/c1-12(16(2,3)4)17(5)10-14-9-13(11-18)7-8-15(14)19-6/h7-9,12,18H,10-11H2,1-6H3. The number of nitrogens with zero attached hydrogens (tertiary/aromatic N) is 1. The smallest absolute Gasteiger partial charge is 0.123 e. The maximum Gasteiger partial charge on any atom is 0.123 e. The van der Waals surface area contributed by atoms with Crippen molar-refractivity contribution in [3.05, 3.63) is 29.3 Å². The number of rotatable bonds is 5. The predicted octanol–water partition coefficient (Wildman–Crippen LogP) is 3.05. The number of aliphatic hydroxyl groups excluding tert-OH is 1. The molecule has 1 atom stereocenters. The van der Waals surface area contributed by atoms with Crippen molar-refractivity contribution in [1.82, 2.24) is 4.90 Å². The van der Waals surface area contributed by atoms with Crippen LogP contribution in [0.25, 0.3) is 0 Å². The van der Waals surface area contributed by atoms with Crippen molar-refractivity contribution in [1.29, 1.82) is 0 Å². The minimum Gasteiger partial charge on any atom is -0.496 e. The van der Waals surface area contributed by atoms with E-state index in [2.05, 4.69) is 39.6 Å². The van der Waals surface area contributed by atoms with E-state index in [4.69, 9.17) is 4.74 Å². The molecule has 1 rings (SSSR count). The van der Waals surface area contributed by atoms with Crippen molar-refractivity contribution in [2.75, 3.05) is 14.2 Å². The van der Waals surface area contributed by atoms with E-state index in [0.29, 0.717) is 6.04 Å². The van der Waals surface area contributed by atoms with E-state index in [1.165, 1.54) is 0 Å². The summed E-state index contributed by atoms with van der Waals surface area (Å²) in [6.07, 6.45) is 0. The maximum absolute atomic E-state index is 9.24. The molecule has 3 heteroatoms. The zero-order valence-corrected chi connectivity index (χ0v) is 13.0. The summed E-state index contributed by atoms with van der Waals surface area (Å²) in [5.74, 6) is 0.880. The van der Waals surface area contributed by atoms with Crippen LogP contribution in [0.15, 0.2) is 18.2 Å². The Bertz CT molecular complexity index is 410. The molecule has 0 aliphatic heterocycles. The number of aliphatic hydroxyl groups is 1. The first-order chi connectivity index (χ1) is 8.79. The summed E-state index contributed by atoms with van der Waals surface area (Å²) < 4.78 is 5.40. The highest BCUT2D eigenvalue weighted by atomic mass is 16.5. The zero-order valence-electron chi connectivity index (χ0n) is 13.0. The van der Waals surface area contributed by atoms with Gasteiger partial charge < -0.3 is 9.84 Å². The topological polar surface area (TPSA) is 32.7 Å². The van der Waals surface area contributed by atoms with E-state index >= 15 is 0 Å². The van der Waals surface area contributed by atoms with Gasteiger partial charge >= 0.3 is 0 Å². The lowest BCUT2D eigenvalue weighted by atomic mass is 9.87. The van der Waals surface area contributed by atoms with Gasteiger partial charge in [-0.1, -0.05) is 26.8 Å². The third-order valence-corrected chi connectivity index (χ3v) is 3.86. The molecule has 0 bridgehead atoms. The van der Waals surface area contributed by atoms with Crippen LogP contribution in [0.5, 0.6) is 5.75 Å². The van der Waals surface area contributed by atoms with Gasteiger partial charge in [0.1, 0.15) is 5.75 Å². The van der Waals surface area contributed by atoms with Crippen LogP contribution < -0.4 is 4.74 Å². The molecule has 0 heterocycles. The van der Waals surface area contributed by atoms with Gasteiger partial charge in [-0.3, -0.25) is 4.90 Å². The van der Waals surface area contributed by atoms with Crippen molar-refractivity contribution in [3.63, 3.8) is 0 Å². The van der Waals surface area contributed by atoms with Crippen LogP contribution in [0.1, 0.15) is 38.8 Å². The highest BCUT2D eigenvalue weighted by Gasteiger charge is 2.24. The average Bonchev–Trinajstić information content (AvgIpc) is 2.36. The lowest BCUT2D eigenvalue weighted by Gasteiger charge is -2.35. The second-order valence-corrected chi connectivity index (χ2v) is 6.26. The summed E-state index contributed by atoms with van der Waals surface area (Å²) in [6.45, 7) is 9.86. The van der Waals surface area contributed by atoms with Gasteiger partial charge in [-0.15, -0.1) is 0 Å². The van der Waals surface area contributed by atoms with E-state index in [1.54, 1.807) is 7.11 Å². The molecule has 1 unspecified atom stereocenters. The third-order valence-electron chi connectivity index (χ3n) is 3.86. The maximum atomic E-state index is 9.24. The van der Waals surface area contributed by atoms with Gasteiger partial charge in [0, 0.05) is 18.2 Å². The van der Waals surface area contributed by atoms with Crippen molar-refractivity contribution >= 4 is 0 Å². The highest BCUT2D eigenvalue weighted by molar-refractivity contribution is 5.37. The minimum atomic E-state index is 0.0650. The fourth-order valence-corrected chi connectivity index (χ4v) is 2.12. The molecule has 108 valence electrons. The zero-order chi connectivity index (χ0) is 14.6. The second kappa shape index (κ2) is 6.40.